The summed E-state index contributed by atoms with van der Waals surface area (Å²) in [5, 5.41) is 17.4. The molecule has 2 aromatic carbocycles. The highest BCUT2D eigenvalue weighted by Crippen LogP contribution is 2.14. The van der Waals surface area contributed by atoms with E-state index in [1.165, 1.54) is 101 Å². The largest absolute Gasteiger partial charge is 0.478 e. The van der Waals surface area contributed by atoms with Crippen molar-refractivity contribution in [3.63, 3.8) is 0 Å². The molecule has 2 N–H and O–H groups in total. The number of hydrogen-bond acceptors (Lipinski definition) is 2. The van der Waals surface area contributed by atoms with Crippen LogP contribution in [0.25, 0.3) is 0 Å². The Morgan fingerprint density at radius 2 is 1.10 bits per heavy atom. The van der Waals surface area contributed by atoms with Crippen LogP contribution in [0, 0.1) is 6.92 Å². The molecule has 2 rings (SSSR count). The van der Waals surface area contributed by atoms with Crippen LogP contribution in [0.1, 0.15) is 103 Å². The lowest BCUT2D eigenvalue weighted by atomic mass is 10.0. The van der Waals surface area contributed by atoms with Crippen LogP contribution in [-0.2, 0) is 6.42 Å². The third kappa shape index (κ3) is 11.4. The second-order valence-corrected chi connectivity index (χ2v) is 8.01. The van der Waals surface area contributed by atoms with Gasteiger partial charge in [0.15, 0.2) is 0 Å². The first kappa shape index (κ1) is 26.4. The highest BCUT2D eigenvalue weighted by Gasteiger charge is 2.13. The Balaban J connectivity index is 0.000000327. The van der Waals surface area contributed by atoms with Gasteiger partial charge < -0.3 is 10.2 Å². The number of carboxylic acid groups (broad SMARTS) is 2. The van der Waals surface area contributed by atoms with Crippen LogP contribution >= 0.6 is 0 Å². The summed E-state index contributed by atoms with van der Waals surface area (Å²) < 4.78 is 0. The minimum absolute atomic E-state index is 0.0277. The highest BCUT2D eigenvalue weighted by molar-refractivity contribution is 5.96. The Kier molecular flexibility index (Phi) is 13.7. The van der Waals surface area contributed by atoms with E-state index in [9.17, 15) is 9.59 Å². The molecule has 0 fully saturated rings. The van der Waals surface area contributed by atoms with E-state index in [1.54, 1.807) is 0 Å². The van der Waals surface area contributed by atoms with Gasteiger partial charge in [0.2, 0.25) is 0 Å². The Bertz CT molecular complexity index is 736. The number of aromatic carboxylic acids is 2. The predicted octanol–water partition coefficient (Wildman–Crippen LogP) is 7.54. The summed E-state index contributed by atoms with van der Waals surface area (Å²) in [6.07, 6.45) is 15.5. The first-order valence-corrected chi connectivity index (χ1v) is 11.6. The van der Waals surface area contributed by atoms with Crippen molar-refractivity contribution in [1.82, 2.24) is 0 Å². The van der Waals surface area contributed by atoms with Crippen molar-refractivity contribution < 1.29 is 19.8 Å². The topological polar surface area (TPSA) is 74.6 Å². The molecule has 31 heavy (non-hydrogen) atoms. The van der Waals surface area contributed by atoms with Crippen LogP contribution in [-0.4, -0.2) is 22.2 Å². The Hall–Kier alpha value is -2.62. The van der Waals surface area contributed by atoms with Crippen molar-refractivity contribution in [3.05, 3.63) is 70.8 Å². The van der Waals surface area contributed by atoms with Crippen molar-refractivity contribution in [2.24, 2.45) is 0 Å². The maximum atomic E-state index is 10.6. The second kappa shape index (κ2) is 16.1. The van der Waals surface area contributed by atoms with Gasteiger partial charge in [-0.3, -0.25) is 0 Å². The number of aryl methyl sites for hydroxylation is 1. The first-order chi connectivity index (χ1) is 15.0. The zero-order valence-electron chi connectivity index (χ0n) is 19.1. The predicted molar refractivity (Wildman–Crippen MR) is 127 cm³/mol. The average molecular weight is 427 g/mol. The maximum absolute atomic E-state index is 10.6. The SMILES string of the molecule is CCCCCCCCCCCCc1ccccc1.Cc1c(C(=O)O)cccc1C(=O)O. The Labute approximate surface area is 187 Å². The average Bonchev–Trinajstić information content (AvgIpc) is 2.76. The maximum Gasteiger partial charge on any atom is 0.335 e. The van der Waals surface area contributed by atoms with E-state index in [4.69, 9.17) is 10.2 Å². The fraction of sp³-hybridized carbons (Fsp3) is 0.481. The van der Waals surface area contributed by atoms with E-state index in [-0.39, 0.29) is 16.7 Å². The third-order valence-corrected chi connectivity index (χ3v) is 5.46. The van der Waals surface area contributed by atoms with Gasteiger partial charge in [0.05, 0.1) is 11.1 Å². The molecule has 0 aliphatic heterocycles. The molecular weight excluding hydrogens is 388 g/mol. The van der Waals surface area contributed by atoms with E-state index in [0.29, 0.717) is 0 Å². The first-order valence-electron chi connectivity index (χ1n) is 11.6. The summed E-state index contributed by atoms with van der Waals surface area (Å²) in [7, 11) is 0. The molecule has 0 saturated carbocycles. The molecule has 2 aromatic rings. The quantitative estimate of drug-likeness (QED) is 0.324. The zero-order chi connectivity index (χ0) is 22.9. The fourth-order valence-electron chi connectivity index (χ4n) is 3.56. The Morgan fingerprint density at radius 3 is 1.55 bits per heavy atom. The molecule has 0 aliphatic rings. The molecule has 0 amide bonds. The van der Waals surface area contributed by atoms with Gasteiger partial charge in [-0.05, 0) is 43.0 Å². The molecule has 0 saturated heterocycles. The van der Waals surface area contributed by atoms with Gasteiger partial charge in [0, 0.05) is 0 Å². The molecular formula is C27H38O4. The minimum atomic E-state index is -1.11. The number of unbranched alkanes of at least 4 members (excludes halogenated alkanes) is 9. The van der Waals surface area contributed by atoms with Crippen LogP contribution in [0.4, 0.5) is 0 Å². The summed E-state index contributed by atoms with van der Waals surface area (Å²) in [6.45, 7) is 3.76. The lowest BCUT2D eigenvalue weighted by Crippen LogP contribution is -2.06. The van der Waals surface area contributed by atoms with Crippen LogP contribution in [0.3, 0.4) is 0 Å². The molecule has 0 heterocycles. The third-order valence-electron chi connectivity index (χ3n) is 5.46. The van der Waals surface area contributed by atoms with E-state index < -0.39 is 11.9 Å². The highest BCUT2D eigenvalue weighted by atomic mass is 16.4. The van der Waals surface area contributed by atoms with E-state index >= 15 is 0 Å². The van der Waals surface area contributed by atoms with Crippen LogP contribution in [0.5, 0.6) is 0 Å². The molecule has 4 heteroatoms. The van der Waals surface area contributed by atoms with Gasteiger partial charge in [0.1, 0.15) is 0 Å². The molecule has 0 spiro atoms. The van der Waals surface area contributed by atoms with E-state index in [0.717, 1.165) is 0 Å². The standard InChI is InChI=1S/C18H30.C9H8O4/c1-2-3-4-5-6-7-8-9-10-12-15-18-16-13-11-14-17-18;1-5-6(8(10)11)3-2-4-7(5)9(12)13/h11,13-14,16-17H,2-10,12,15H2,1H3;2-4H,1H3,(H,10,11)(H,12,13). The van der Waals surface area contributed by atoms with Gasteiger partial charge in [-0.15, -0.1) is 0 Å². The molecule has 0 unspecified atom stereocenters. The molecule has 4 nitrogen and oxygen atoms in total. The van der Waals surface area contributed by atoms with Crippen LogP contribution in [0.2, 0.25) is 0 Å². The normalized spacial score (nSPS) is 10.3. The monoisotopic (exact) mass is 426 g/mol. The zero-order valence-corrected chi connectivity index (χ0v) is 19.1. The summed E-state index contributed by atoms with van der Waals surface area (Å²) in [6, 6.07) is 15.1. The number of carbonyl (C=O) groups is 2. The van der Waals surface area contributed by atoms with Crippen molar-refractivity contribution in [2.75, 3.05) is 0 Å². The van der Waals surface area contributed by atoms with Crippen molar-refractivity contribution in [2.45, 2.75) is 84.5 Å². The molecule has 170 valence electrons. The van der Waals surface area contributed by atoms with Gasteiger partial charge in [-0.25, -0.2) is 9.59 Å². The molecule has 0 atom stereocenters. The minimum Gasteiger partial charge on any atom is -0.478 e. The fourth-order valence-corrected chi connectivity index (χ4v) is 3.56. The number of benzene rings is 2. The van der Waals surface area contributed by atoms with Crippen molar-refractivity contribution in [3.8, 4) is 0 Å². The van der Waals surface area contributed by atoms with Crippen LogP contribution in [0.15, 0.2) is 48.5 Å². The van der Waals surface area contributed by atoms with Crippen molar-refractivity contribution in [1.29, 1.82) is 0 Å². The molecule has 0 bridgehead atoms. The van der Waals surface area contributed by atoms with E-state index in [2.05, 4.69) is 37.3 Å². The van der Waals surface area contributed by atoms with Gasteiger partial charge >= 0.3 is 11.9 Å². The van der Waals surface area contributed by atoms with Gasteiger partial charge in [0.25, 0.3) is 0 Å². The number of carboxylic acids is 2. The summed E-state index contributed by atoms with van der Waals surface area (Å²) in [5.41, 5.74) is 1.83. The number of hydrogen-bond donors (Lipinski definition) is 2. The summed E-state index contributed by atoms with van der Waals surface area (Å²) in [4.78, 5) is 21.2. The summed E-state index contributed by atoms with van der Waals surface area (Å²) in [5.74, 6) is -2.22. The number of rotatable bonds is 13. The lowest BCUT2D eigenvalue weighted by Gasteiger charge is -2.03. The molecule has 0 aromatic heterocycles. The van der Waals surface area contributed by atoms with Gasteiger partial charge in [-0.1, -0.05) is 101 Å². The van der Waals surface area contributed by atoms with E-state index in [1.807, 2.05) is 0 Å². The smallest absolute Gasteiger partial charge is 0.335 e. The summed E-state index contributed by atoms with van der Waals surface area (Å²) >= 11 is 0. The van der Waals surface area contributed by atoms with Crippen LogP contribution < -0.4 is 0 Å². The van der Waals surface area contributed by atoms with Crippen molar-refractivity contribution >= 4 is 11.9 Å². The van der Waals surface area contributed by atoms with Gasteiger partial charge in [-0.2, -0.15) is 0 Å². The lowest BCUT2D eigenvalue weighted by molar-refractivity contribution is 0.0696. The second-order valence-electron chi connectivity index (χ2n) is 8.01. The molecule has 0 radical (unpaired) electrons. The Morgan fingerprint density at radius 1 is 0.645 bits per heavy atom. The molecule has 0 aliphatic carbocycles.